The molecular formula is C17H16N4O4S2. The molecule has 0 bridgehead atoms. The highest BCUT2D eigenvalue weighted by molar-refractivity contribution is 7.98. The van der Waals surface area contributed by atoms with Gasteiger partial charge in [0.25, 0.3) is 0 Å². The van der Waals surface area contributed by atoms with Crippen molar-refractivity contribution in [1.82, 2.24) is 14.8 Å². The van der Waals surface area contributed by atoms with E-state index in [2.05, 4.69) is 10.1 Å². The summed E-state index contributed by atoms with van der Waals surface area (Å²) < 4.78 is 11.2. The molecule has 0 saturated heterocycles. The lowest BCUT2D eigenvalue weighted by atomic mass is 10.1. The van der Waals surface area contributed by atoms with Crippen LogP contribution >= 0.6 is 23.1 Å². The number of hydrogen-bond donors (Lipinski definition) is 1. The Kier molecular flexibility index (Phi) is 5.77. The number of hydrogen-bond acceptors (Lipinski definition) is 9. The quantitative estimate of drug-likeness (QED) is 0.493. The average Bonchev–Trinajstić information content (AvgIpc) is 3.30. The van der Waals surface area contributed by atoms with Gasteiger partial charge < -0.3 is 15.2 Å². The molecule has 3 aromatic rings. The molecule has 0 saturated carbocycles. The van der Waals surface area contributed by atoms with Gasteiger partial charge in [-0.05, 0) is 12.1 Å². The zero-order chi connectivity index (χ0) is 19.4. The molecule has 27 heavy (non-hydrogen) atoms. The number of anilines is 1. The first-order valence-corrected chi connectivity index (χ1v) is 9.53. The van der Waals surface area contributed by atoms with Crippen molar-refractivity contribution in [3.8, 4) is 5.69 Å². The summed E-state index contributed by atoms with van der Waals surface area (Å²) in [6, 6.07) is 9.55. The summed E-state index contributed by atoms with van der Waals surface area (Å²) in [5, 5.41) is 5.10. The maximum atomic E-state index is 12.1. The van der Waals surface area contributed by atoms with Gasteiger partial charge in [-0.1, -0.05) is 30.0 Å². The molecule has 0 amide bonds. The SMILES string of the molecule is COC(=O)c1sc(N)c(C(=O)OC)c1CSc1ncn(-c2ccccc2)n1. The molecule has 8 nitrogen and oxygen atoms in total. The van der Waals surface area contributed by atoms with E-state index in [-0.39, 0.29) is 21.2 Å². The van der Waals surface area contributed by atoms with Gasteiger partial charge in [0, 0.05) is 11.3 Å². The Morgan fingerprint density at radius 3 is 2.56 bits per heavy atom. The van der Waals surface area contributed by atoms with Gasteiger partial charge in [-0.25, -0.2) is 19.3 Å². The van der Waals surface area contributed by atoms with Gasteiger partial charge >= 0.3 is 11.9 Å². The summed E-state index contributed by atoms with van der Waals surface area (Å²) in [5.74, 6) is -0.890. The number of esters is 2. The standard InChI is InChI=1S/C17H16N4O4S2/c1-24-15(22)12-11(13(16(23)25-2)27-14(12)18)8-26-17-19-9-21(20-17)10-6-4-3-5-7-10/h3-7,9H,8,18H2,1-2H3. The van der Waals surface area contributed by atoms with Gasteiger partial charge in [-0.3, -0.25) is 0 Å². The van der Waals surface area contributed by atoms with E-state index in [0.29, 0.717) is 10.7 Å². The molecule has 0 fully saturated rings. The van der Waals surface area contributed by atoms with Crippen molar-refractivity contribution in [3.63, 3.8) is 0 Å². The second-order valence-corrected chi connectivity index (χ2v) is 7.22. The summed E-state index contributed by atoms with van der Waals surface area (Å²) in [4.78, 5) is 28.7. The Morgan fingerprint density at radius 1 is 1.19 bits per heavy atom. The highest BCUT2D eigenvalue weighted by Gasteiger charge is 2.27. The molecule has 0 radical (unpaired) electrons. The predicted octanol–water partition coefficient (Wildman–Crippen LogP) is 2.78. The summed E-state index contributed by atoms with van der Waals surface area (Å²) in [5.41, 5.74) is 7.44. The van der Waals surface area contributed by atoms with Gasteiger partial charge in [-0.15, -0.1) is 16.4 Å². The predicted molar refractivity (Wildman–Crippen MR) is 102 cm³/mol. The van der Waals surface area contributed by atoms with Crippen LogP contribution in [0.2, 0.25) is 0 Å². The minimum absolute atomic E-state index is 0.179. The van der Waals surface area contributed by atoms with Crippen molar-refractivity contribution in [1.29, 1.82) is 0 Å². The number of nitrogens with zero attached hydrogens (tertiary/aromatic N) is 3. The molecule has 0 aliphatic heterocycles. The van der Waals surface area contributed by atoms with Gasteiger partial charge in [0.05, 0.1) is 25.5 Å². The average molecular weight is 404 g/mol. The van der Waals surface area contributed by atoms with Crippen LogP contribution in [0.1, 0.15) is 25.6 Å². The van der Waals surface area contributed by atoms with E-state index < -0.39 is 11.9 Å². The van der Waals surface area contributed by atoms with Crippen LogP contribution in [0, 0.1) is 0 Å². The van der Waals surface area contributed by atoms with Crippen molar-refractivity contribution in [2.45, 2.75) is 10.9 Å². The Morgan fingerprint density at radius 2 is 1.89 bits per heavy atom. The van der Waals surface area contributed by atoms with E-state index in [1.165, 1.54) is 26.0 Å². The number of benzene rings is 1. The topological polar surface area (TPSA) is 109 Å². The van der Waals surface area contributed by atoms with Crippen LogP contribution in [-0.2, 0) is 15.2 Å². The summed E-state index contributed by atoms with van der Waals surface area (Å²) in [6.07, 6.45) is 1.60. The number of para-hydroxylation sites is 1. The summed E-state index contributed by atoms with van der Waals surface area (Å²) >= 11 is 2.28. The molecule has 3 rings (SSSR count). The summed E-state index contributed by atoms with van der Waals surface area (Å²) in [6.45, 7) is 0. The number of carbonyl (C=O) groups is 2. The van der Waals surface area contributed by atoms with Crippen LogP contribution in [0.5, 0.6) is 0 Å². The number of carbonyl (C=O) groups excluding carboxylic acids is 2. The van der Waals surface area contributed by atoms with E-state index in [1.807, 2.05) is 30.3 Å². The lowest BCUT2D eigenvalue weighted by molar-refractivity contribution is 0.0601. The molecule has 10 heteroatoms. The smallest absolute Gasteiger partial charge is 0.348 e. The second-order valence-electron chi connectivity index (χ2n) is 5.23. The van der Waals surface area contributed by atoms with Crippen LogP contribution < -0.4 is 5.73 Å². The van der Waals surface area contributed by atoms with Crippen LogP contribution in [0.15, 0.2) is 41.8 Å². The van der Waals surface area contributed by atoms with E-state index in [0.717, 1.165) is 17.0 Å². The highest BCUT2D eigenvalue weighted by Crippen LogP contribution is 2.35. The fourth-order valence-electron chi connectivity index (χ4n) is 2.36. The number of thioether (sulfide) groups is 1. The fourth-order valence-corrected chi connectivity index (χ4v) is 4.28. The Bertz CT molecular complexity index is 969. The maximum Gasteiger partial charge on any atom is 0.348 e. The first kappa shape index (κ1) is 18.9. The molecule has 0 unspecified atom stereocenters. The molecule has 0 aliphatic rings. The van der Waals surface area contributed by atoms with Gasteiger partial charge in [-0.2, -0.15) is 0 Å². The van der Waals surface area contributed by atoms with Crippen LogP contribution in [-0.4, -0.2) is 40.9 Å². The molecule has 0 aliphatic carbocycles. The largest absolute Gasteiger partial charge is 0.465 e. The molecule has 2 N–H and O–H groups in total. The fraction of sp³-hybridized carbons (Fsp3) is 0.176. The number of aromatic nitrogens is 3. The molecule has 2 aromatic heterocycles. The van der Waals surface area contributed by atoms with Crippen LogP contribution in [0.25, 0.3) is 5.69 Å². The van der Waals surface area contributed by atoms with Crippen LogP contribution in [0.4, 0.5) is 5.00 Å². The first-order chi connectivity index (χ1) is 13.0. The molecule has 2 heterocycles. The number of methoxy groups -OCH3 is 2. The number of thiophene rings is 1. The molecule has 140 valence electrons. The van der Waals surface area contributed by atoms with Crippen molar-refractivity contribution < 1.29 is 19.1 Å². The van der Waals surface area contributed by atoms with E-state index in [1.54, 1.807) is 11.0 Å². The lowest BCUT2D eigenvalue weighted by Gasteiger charge is -2.05. The van der Waals surface area contributed by atoms with E-state index in [9.17, 15) is 9.59 Å². The highest BCUT2D eigenvalue weighted by atomic mass is 32.2. The Hall–Kier alpha value is -2.85. The van der Waals surface area contributed by atoms with Crippen LogP contribution in [0.3, 0.4) is 0 Å². The third kappa shape index (κ3) is 3.96. The zero-order valence-electron chi connectivity index (χ0n) is 14.5. The second kappa shape index (κ2) is 8.23. The van der Waals surface area contributed by atoms with Crippen molar-refractivity contribution in [2.24, 2.45) is 0 Å². The normalized spacial score (nSPS) is 10.6. The number of nitrogens with two attached hydrogens (primary N) is 1. The monoisotopic (exact) mass is 404 g/mol. The zero-order valence-corrected chi connectivity index (χ0v) is 16.2. The third-order valence-electron chi connectivity index (χ3n) is 3.63. The Labute approximate surface area is 163 Å². The van der Waals surface area contributed by atoms with Crippen molar-refractivity contribution in [3.05, 3.63) is 52.7 Å². The van der Waals surface area contributed by atoms with Crippen molar-refractivity contribution >= 4 is 40.0 Å². The molecule has 0 atom stereocenters. The van der Waals surface area contributed by atoms with Crippen molar-refractivity contribution in [2.75, 3.05) is 20.0 Å². The summed E-state index contributed by atoms with van der Waals surface area (Å²) in [7, 11) is 2.54. The lowest BCUT2D eigenvalue weighted by Crippen LogP contribution is -2.08. The van der Waals surface area contributed by atoms with E-state index >= 15 is 0 Å². The van der Waals surface area contributed by atoms with E-state index in [4.69, 9.17) is 15.2 Å². The number of nitrogen functional groups attached to an aromatic ring is 1. The van der Waals surface area contributed by atoms with Gasteiger partial charge in [0.15, 0.2) is 0 Å². The van der Waals surface area contributed by atoms with Gasteiger partial charge in [0.2, 0.25) is 5.16 Å². The number of ether oxygens (including phenoxy) is 2. The Balaban J connectivity index is 1.86. The molecule has 1 aromatic carbocycles. The minimum Gasteiger partial charge on any atom is -0.465 e. The maximum absolute atomic E-state index is 12.1. The first-order valence-electron chi connectivity index (χ1n) is 7.72. The molecule has 0 spiro atoms. The minimum atomic E-state index is -0.600. The third-order valence-corrected chi connectivity index (χ3v) is 5.55. The molecular weight excluding hydrogens is 388 g/mol. The number of rotatable bonds is 6. The van der Waals surface area contributed by atoms with Gasteiger partial charge in [0.1, 0.15) is 16.2 Å².